The van der Waals surface area contributed by atoms with E-state index >= 15 is 0 Å². The normalized spacial score (nSPS) is 17.9. The van der Waals surface area contributed by atoms with Crippen LogP contribution < -0.4 is 4.74 Å². The number of hydrogen-bond donors (Lipinski definition) is 1. The van der Waals surface area contributed by atoms with Gasteiger partial charge in [-0.3, -0.25) is 0 Å². The fourth-order valence-corrected chi connectivity index (χ4v) is 2.83. The van der Waals surface area contributed by atoms with E-state index in [2.05, 4.69) is 42.3 Å². The highest BCUT2D eigenvalue weighted by Crippen LogP contribution is 2.36. The van der Waals surface area contributed by atoms with E-state index in [0.29, 0.717) is 6.04 Å². The van der Waals surface area contributed by atoms with Crippen molar-refractivity contribution in [1.29, 1.82) is 0 Å². The van der Waals surface area contributed by atoms with Crippen molar-refractivity contribution >= 4 is 23.3 Å². The molecule has 0 aliphatic heterocycles. The number of ether oxygens (including phenoxy) is 1. The summed E-state index contributed by atoms with van der Waals surface area (Å²) in [6.07, 6.45) is 4.33. The van der Waals surface area contributed by atoms with E-state index in [4.69, 9.17) is 4.74 Å². The molecule has 1 atom stereocenters. The summed E-state index contributed by atoms with van der Waals surface area (Å²) in [4.78, 5) is 5.66. The molecule has 1 aromatic carbocycles. The van der Waals surface area contributed by atoms with Crippen LogP contribution in [-0.2, 0) is 12.8 Å². The molecule has 0 spiro atoms. The Morgan fingerprint density at radius 2 is 2.06 bits per heavy atom. The van der Waals surface area contributed by atoms with Gasteiger partial charge in [-0.15, -0.1) is 12.4 Å². The second-order valence-electron chi connectivity index (χ2n) is 5.01. The topological polar surface area (TPSA) is 28.3 Å². The van der Waals surface area contributed by atoms with Crippen LogP contribution in [-0.4, -0.2) is 37.1 Å². The lowest BCUT2D eigenvalue weighted by Crippen LogP contribution is -2.34. The monoisotopic (exact) mass is 266 g/mol. The van der Waals surface area contributed by atoms with Crippen molar-refractivity contribution in [2.24, 2.45) is 0 Å². The Morgan fingerprint density at radius 1 is 1.28 bits per heavy atom. The van der Waals surface area contributed by atoms with Crippen molar-refractivity contribution in [3.8, 4) is 5.75 Å². The molecule has 3 rings (SSSR count). The number of nitrogens with one attached hydrogen (secondary N) is 1. The summed E-state index contributed by atoms with van der Waals surface area (Å²) in [5.41, 5.74) is 4.00. The van der Waals surface area contributed by atoms with Gasteiger partial charge in [-0.05, 0) is 44.6 Å². The van der Waals surface area contributed by atoms with Gasteiger partial charge in [0.2, 0.25) is 0 Å². The summed E-state index contributed by atoms with van der Waals surface area (Å²) in [5.74, 6) is 1.02. The van der Waals surface area contributed by atoms with Crippen molar-refractivity contribution in [3.63, 3.8) is 0 Å². The highest BCUT2D eigenvalue weighted by atomic mass is 35.5. The smallest absolute Gasteiger partial charge is 0.122 e. The zero-order valence-corrected chi connectivity index (χ0v) is 11.8. The Hall–Kier alpha value is -1.19. The van der Waals surface area contributed by atoms with Crippen LogP contribution in [0.25, 0.3) is 10.9 Å². The molecule has 0 saturated heterocycles. The van der Waals surface area contributed by atoms with Gasteiger partial charge in [0, 0.05) is 28.7 Å². The van der Waals surface area contributed by atoms with E-state index in [0.717, 1.165) is 18.6 Å². The van der Waals surface area contributed by atoms with Crippen molar-refractivity contribution in [2.45, 2.75) is 18.9 Å². The van der Waals surface area contributed by atoms with Crippen molar-refractivity contribution in [3.05, 3.63) is 29.5 Å². The predicted octanol–water partition coefficient (Wildman–Crippen LogP) is 2.63. The first-order valence-electron chi connectivity index (χ1n) is 6.03. The van der Waals surface area contributed by atoms with Crippen LogP contribution >= 0.6 is 12.4 Å². The first kappa shape index (κ1) is 13.2. The lowest BCUT2D eigenvalue weighted by atomic mass is 9.88. The maximum Gasteiger partial charge on any atom is 0.122 e. The van der Waals surface area contributed by atoms with Crippen molar-refractivity contribution < 1.29 is 4.74 Å². The van der Waals surface area contributed by atoms with Gasteiger partial charge >= 0.3 is 0 Å². The van der Waals surface area contributed by atoms with E-state index in [-0.39, 0.29) is 12.4 Å². The highest BCUT2D eigenvalue weighted by molar-refractivity contribution is 5.89. The standard InChI is InChI=1S/C14H18N2O.ClH/c1-16(2)10-6-9-8-15-12-4-5-13(17-3)11(7-10)14(9)12;/h4-5,8,10,15H,6-7H2,1-3H3;1H. The third kappa shape index (κ3) is 1.88. The van der Waals surface area contributed by atoms with Crippen LogP contribution in [0.4, 0.5) is 0 Å². The number of aromatic nitrogens is 1. The maximum atomic E-state index is 5.50. The molecular weight excluding hydrogens is 248 g/mol. The van der Waals surface area contributed by atoms with Crippen molar-refractivity contribution in [1.82, 2.24) is 9.88 Å². The number of H-pyrrole nitrogens is 1. The third-order valence-electron chi connectivity index (χ3n) is 3.84. The number of likely N-dealkylation sites (N-methyl/N-ethyl adjacent to an activating group) is 1. The molecule has 3 nitrogen and oxygen atoms in total. The first-order valence-corrected chi connectivity index (χ1v) is 6.03. The molecule has 0 saturated carbocycles. The zero-order valence-electron chi connectivity index (χ0n) is 11.0. The summed E-state index contributed by atoms with van der Waals surface area (Å²) < 4.78 is 5.50. The van der Waals surface area contributed by atoms with E-state index in [1.54, 1.807) is 7.11 Å². The maximum absolute atomic E-state index is 5.50. The molecule has 1 unspecified atom stereocenters. The summed E-state index contributed by atoms with van der Waals surface area (Å²) >= 11 is 0. The Kier molecular flexibility index (Phi) is 3.55. The fraction of sp³-hybridized carbons (Fsp3) is 0.429. The van der Waals surface area contributed by atoms with Crippen LogP contribution in [0.5, 0.6) is 5.75 Å². The molecule has 0 fully saturated rings. The molecular formula is C14H19ClN2O. The van der Waals surface area contributed by atoms with Crippen LogP contribution in [0.15, 0.2) is 18.3 Å². The minimum atomic E-state index is 0. The van der Waals surface area contributed by atoms with Gasteiger partial charge in [0.1, 0.15) is 5.75 Å². The van der Waals surface area contributed by atoms with Gasteiger partial charge in [0.05, 0.1) is 7.11 Å². The van der Waals surface area contributed by atoms with E-state index in [9.17, 15) is 0 Å². The molecule has 0 radical (unpaired) electrons. The molecule has 1 aliphatic rings. The molecule has 0 bridgehead atoms. The summed E-state index contributed by atoms with van der Waals surface area (Å²) in [6, 6.07) is 4.74. The van der Waals surface area contributed by atoms with E-state index in [1.165, 1.54) is 22.0 Å². The number of benzene rings is 1. The highest BCUT2D eigenvalue weighted by Gasteiger charge is 2.25. The summed E-state index contributed by atoms with van der Waals surface area (Å²) in [5, 5.41) is 1.38. The molecule has 4 heteroatoms. The number of hydrogen-bond acceptors (Lipinski definition) is 2. The SMILES string of the molecule is COc1ccc2[nH]cc3c2c1CC(N(C)C)C3.Cl. The predicted molar refractivity (Wildman–Crippen MR) is 77.0 cm³/mol. The molecule has 1 N–H and O–H groups in total. The zero-order chi connectivity index (χ0) is 12.0. The van der Waals surface area contributed by atoms with Gasteiger partial charge in [-0.25, -0.2) is 0 Å². The quantitative estimate of drug-likeness (QED) is 0.905. The molecule has 1 aromatic heterocycles. The lowest BCUT2D eigenvalue weighted by molar-refractivity contribution is 0.284. The molecule has 1 heterocycles. The largest absolute Gasteiger partial charge is 0.496 e. The number of methoxy groups -OCH3 is 1. The number of halogens is 1. The molecule has 0 amide bonds. The van der Waals surface area contributed by atoms with Gasteiger partial charge in [0.25, 0.3) is 0 Å². The third-order valence-corrected chi connectivity index (χ3v) is 3.84. The Labute approximate surface area is 114 Å². The molecule has 18 heavy (non-hydrogen) atoms. The van der Waals surface area contributed by atoms with Crippen LogP contribution in [0.1, 0.15) is 11.1 Å². The number of aromatic amines is 1. The average Bonchev–Trinajstić information content (AvgIpc) is 2.74. The number of rotatable bonds is 2. The van der Waals surface area contributed by atoms with Gasteiger partial charge in [-0.1, -0.05) is 0 Å². The fourth-order valence-electron chi connectivity index (χ4n) is 2.83. The van der Waals surface area contributed by atoms with Crippen LogP contribution in [0.2, 0.25) is 0 Å². The van der Waals surface area contributed by atoms with Gasteiger partial charge in [0.15, 0.2) is 0 Å². The Morgan fingerprint density at radius 3 is 2.72 bits per heavy atom. The van der Waals surface area contributed by atoms with Crippen LogP contribution in [0.3, 0.4) is 0 Å². The van der Waals surface area contributed by atoms with Crippen LogP contribution in [0, 0.1) is 0 Å². The minimum absolute atomic E-state index is 0. The lowest BCUT2D eigenvalue weighted by Gasteiger charge is -2.29. The summed E-state index contributed by atoms with van der Waals surface area (Å²) in [6.45, 7) is 0. The molecule has 1 aliphatic carbocycles. The van der Waals surface area contributed by atoms with E-state index in [1.807, 2.05) is 0 Å². The second kappa shape index (κ2) is 4.82. The average molecular weight is 267 g/mol. The van der Waals surface area contributed by atoms with E-state index < -0.39 is 0 Å². The summed E-state index contributed by atoms with van der Waals surface area (Å²) in [7, 11) is 6.05. The Balaban J connectivity index is 0.00000120. The van der Waals surface area contributed by atoms with Gasteiger partial charge in [-0.2, -0.15) is 0 Å². The minimum Gasteiger partial charge on any atom is -0.496 e. The second-order valence-corrected chi connectivity index (χ2v) is 5.01. The van der Waals surface area contributed by atoms with Gasteiger partial charge < -0.3 is 14.6 Å². The molecule has 2 aromatic rings. The molecule has 98 valence electrons. The Bertz CT molecular complexity index is 562. The number of nitrogens with zero attached hydrogens (tertiary/aromatic N) is 1. The first-order chi connectivity index (χ1) is 8.20. The van der Waals surface area contributed by atoms with Crippen molar-refractivity contribution in [2.75, 3.05) is 21.2 Å².